The molecular weight excluding hydrogens is 362 g/mol. The summed E-state index contributed by atoms with van der Waals surface area (Å²) in [7, 11) is 0. The molecule has 3 N–H and O–H groups in total. The highest BCUT2D eigenvalue weighted by molar-refractivity contribution is 6.04. The van der Waals surface area contributed by atoms with Gasteiger partial charge in [-0.2, -0.15) is 0 Å². The summed E-state index contributed by atoms with van der Waals surface area (Å²) in [5.41, 5.74) is 10.5. The minimum atomic E-state index is -0.328. The lowest BCUT2D eigenvalue weighted by Gasteiger charge is -2.35. The first-order valence-corrected chi connectivity index (χ1v) is 9.65. The highest BCUT2D eigenvalue weighted by atomic mass is 16.2. The summed E-state index contributed by atoms with van der Waals surface area (Å²) in [6.07, 6.45) is 0.628. The largest absolute Gasteiger partial charge is 0.368 e. The van der Waals surface area contributed by atoms with Crippen LogP contribution in [0, 0.1) is 0 Å². The number of benzene rings is 3. The van der Waals surface area contributed by atoms with Crippen LogP contribution in [0.1, 0.15) is 27.0 Å². The van der Waals surface area contributed by atoms with E-state index in [4.69, 9.17) is 5.73 Å². The van der Waals surface area contributed by atoms with Gasteiger partial charge in [-0.15, -0.1) is 0 Å². The molecule has 3 aromatic carbocycles. The van der Waals surface area contributed by atoms with Crippen LogP contribution >= 0.6 is 0 Å². The van der Waals surface area contributed by atoms with Gasteiger partial charge in [-0.05, 0) is 47.4 Å². The van der Waals surface area contributed by atoms with E-state index in [9.17, 15) is 9.59 Å². The van der Waals surface area contributed by atoms with Crippen LogP contribution in [-0.2, 0) is 24.3 Å². The van der Waals surface area contributed by atoms with Gasteiger partial charge in [0.2, 0.25) is 5.91 Å². The summed E-state index contributed by atoms with van der Waals surface area (Å²) < 4.78 is 0. The van der Waals surface area contributed by atoms with Crippen molar-refractivity contribution < 1.29 is 9.59 Å². The fourth-order valence-electron chi connectivity index (χ4n) is 3.74. The van der Waals surface area contributed by atoms with E-state index in [1.165, 1.54) is 11.1 Å². The third kappa shape index (κ3) is 4.36. The van der Waals surface area contributed by atoms with E-state index in [2.05, 4.69) is 22.3 Å². The van der Waals surface area contributed by atoms with Crippen molar-refractivity contribution in [2.75, 3.05) is 5.32 Å². The van der Waals surface area contributed by atoms with E-state index < -0.39 is 0 Å². The topological polar surface area (TPSA) is 75.4 Å². The number of nitrogens with one attached hydrogen (secondary N) is 1. The van der Waals surface area contributed by atoms with Gasteiger partial charge >= 0.3 is 0 Å². The molecule has 0 fully saturated rings. The molecular formula is C24H23N3O2. The van der Waals surface area contributed by atoms with Crippen molar-refractivity contribution in [2.45, 2.75) is 25.6 Å². The SMILES string of the molecule is NC(=O)C1Cc2ccccc2CN1Cc1ccc(C(=O)Nc2ccccc2)cc1. The van der Waals surface area contributed by atoms with E-state index in [1.807, 2.05) is 66.7 Å². The Bertz CT molecular complexity index is 1020. The molecule has 1 atom stereocenters. The summed E-state index contributed by atoms with van der Waals surface area (Å²) >= 11 is 0. The van der Waals surface area contributed by atoms with Crippen LogP contribution in [0.25, 0.3) is 0 Å². The van der Waals surface area contributed by atoms with Gasteiger partial charge in [-0.25, -0.2) is 0 Å². The van der Waals surface area contributed by atoms with E-state index in [0.717, 1.165) is 11.3 Å². The van der Waals surface area contributed by atoms with Crippen LogP contribution in [-0.4, -0.2) is 22.8 Å². The molecule has 0 saturated heterocycles. The zero-order valence-corrected chi connectivity index (χ0v) is 16.0. The maximum absolute atomic E-state index is 12.4. The highest BCUT2D eigenvalue weighted by Crippen LogP contribution is 2.25. The molecule has 0 saturated carbocycles. The van der Waals surface area contributed by atoms with Gasteiger partial charge in [-0.1, -0.05) is 54.6 Å². The number of anilines is 1. The first kappa shape index (κ1) is 18.9. The highest BCUT2D eigenvalue weighted by Gasteiger charge is 2.29. The Morgan fingerprint density at radius 3 is 2.24 bits per heavy atom. The normalized spacial score (nSPS) is 16.1. The first-order chi connectivity index (χ1) is 14.1. The smallest absolute Gasteiger partial charge is 0.255 e. The van der Waals surface area contributed by atoms with Crippen molar-refractivity contribution in [3.05, 3.63) is 101 Å². The molecule has 5 heteroatoms. The number of hydrogen-bond donors (Lipinski definition) is 2. The number of nitrogens with two attached hydrogens (primary N) is 1. The predicted octanol–water partition coefficient (Wildman–Crippen LogP) is 3.35. The van der Waals surface area contributed by atoms with Gasteiger partial charge in [0, 0.05) is 24.3 Å². The van der Waals surface area contributed by atoms with Crippen LogP contribution in [0.5, 0.6) is 0 Å². The Kier molecular flexibility index (Phi) is 5.40. The molecule has 1 unspecified atom stereocenters. The number of nitrogens with zero attached hydrogens (tertiary/aromatic N) is 1. The van der Waals surface area contributed by atoms with Crippen LogP contribution < -0.4 is 11.1 Å². The summed E-state index contributed by atoms with van der Waals surface area (Å²) in [6.45, 7) is 1.28. The zero-order valence-electron chi connectivity index (χ0n) is 16.0. The predicted molar refractivity (Wildman–Crippen MR) is 113 cm³/mol. The fourth-order valence-corrected chi connectivity index (χ4v) is 3.74. The third-order valence-corrected chi connectivity index (χ3v) is 5.31. The number of amides is 2. The lowest BCUT2D eigenvalue weighted by Crippen LogP contribution is -2.48. The molecule has 29 heavy (non-hydrogen) atoms. The Hall–Kier alpha value is -3.44. The van der Waals surface area contributed by atoms with Crippen molar-refractivity contribution >= 4 is 17.5 Å². The average Bonchev–Trinajstić information content (AvgIpc) is 2.74. The zero-order chi connectivity index (χ0) is 20.2. The number of primary amides is 1. The second kappa shape index (κ2) is 8.29. The molecule has 3 aromatic rings. The maximum atomic E-state index is 12.4. The summed E-state index contributed by atoms with van der Waals surface area (Å²) in [4.78, 5) is 26.5. The lowest BCUT2D eigenvalue weighted by molar-refractivity contribution is -0.124. The quantitative estimate of drug-likeness (QED) is 0.707. The van der Waals surface area contributed by atoms with Gasteiger partial charge in [0.1, 0.15) is 0 Å². The molecule has 0 spiro atoms. The van der Waals surface area contributed by atoms with Crippen LogP contribution in [0.3, 0.4) is 0 Å². The number of para-hydroxylation sites is 1. The van der Waals surface area contributed by atoms with Crippen LogP contribution in [0.2, 0.25) is 0 Å². The van der Waals surface area contributed by atoms with Crippen molar-refractivity contribution in [2.24, 2.45) is 5.73 Å². The van der Waals surface area contributed by atoms with Gasteiger partial charge < -0.3 is 11.1 Å². The second-order valence-corrected chi connectivity index (χ2v) is 7.31. The summed E-state index contributed by atoms with van der Waals surface area (Å²) in [5, 5.41) is 2.88. The first-order valence-electron chi connectivity index (χ1n) is 9.65. The second-order valence-electron chi connectivity index (χ2n) is 7.31. The standard InChI is InChI=1S/C24H23N3O2/c25-23(28)22-14-19-6-4-5-7-20(19)16-27(22)15-17-10-12-18(13-11-17)24(29)26-21-8-2-1-3-9-21/h1-13,22H,14-16H2,(H2,25,28)(H,26,29). The minimum absolute atomic E-state index is 0.148. The Labute approximate surface area is 170 Å². The molecule has 1 aliphatic heterocycles. The average molecular weight is 385 g/mol. The van der Waals surface area contributed by atoms with Crippen LogP contribution in [0.4, 0.5) is 5.69 Å². The maximum Gasteiger partial charge on any atom is 0.255 e. The molecule has 146 valence electrons. The fraction of sp³-hybridized carbons (Fsp3) is 0.167. The summed E-state index contributed by atoms with van der Waals surface area (Å²) in [6, 6.07) is 24.7. The number of fused-ring (bicyclic) bond motifs is 1. The van der Waals surface area contributed by atoms with E-state index >= 15 is 0 Å². The van der Waals surface area contributed by atoms with Gasteiger partial charge in [-0.3, -0.25) is 14.5 Å². The molecule has 0 radical (unpaired) electrons. The van der Waals surface area contributed by atoms with Crippen molar-refractivity contribution in [1.29, 1.82) is 0 Å². The van der Waals surface area contributed by atoms with Crippen LogP contribution in [0.15, 0.2) is 78.9 Å². The van der Waals surface area contributed by atoms with E-state index in [0.29, 0.717) is 25.1 Å². The number of carbonyl (C=O) groups is 2. The molecule has 0 aromatic heterocycles. The molecule has 5 nitrogen and oxygen atoms in total. The van der Waals surface area contributed by atoms with E-state index in [-0.39, 0.29) is 17.9 Å². The molecule has 4 rings (SSSR count). The molecule has 0 aliphatic carbocycles. The molecule has 1 aliphatic rings. The molecule has 2 amide bonds. The Morgan fingerprint density at radius 2 is 1.55 bits per heavy atom. The number of rotatable bonds is 5. The Balaban J connectivity index is 1.46. The monoisotopic (exact) mass is 385 g/mol. The summed E-state index contributed by atoms with van der Waals surface area (Å²) in [5.74, 6) is -0.456. The minimum Gasteiger partial charge on any atom is -0.368 e. The Morgan fingerprint density at radius 1 is 0.897 bits per heavy atom. The lowest BCUT2D eigenvalue weighted by atomic mass is 9.93. The van der Waals surface area contributed by atoms with Gasteiger partial charge in [0.05, 0.1) is 6.04 Å². The number of carbonyl (C=O) groups excluding carboxylic acids is 2. The number of hydrogen-bond acceptors (Lipinski definition) is 3. The van der Waals surface area contributed by atoms with Crippen molar-refractivity contribution in [3.8, 4) is 0 Å². The van der Waals surface area contributed by atoms with Gasteiger partial charge in [0.25, 0.3) is 5.91 Å². The van der Waals surface area contributed by atoms with Crippen molar-refractivity contribution in [3.63, 3.8) is 0 Å². The van der Waals surface area contributed by atoms with Gasteiger partial charge in [0.15, 0.2) is 0 Å². The van der Waals surface area contributed by atoms with Crippen molar-refractivity contribution in [1.82, 2.24) is 4.90 Å². The third-order valence-electron chi connectivity index (χ3n) is 5.31. The molecule has 1 heterocycles. The molecule has 0 bridgehead atoms. The van der Waals surface area contributed by atoms with E-state index in [1.54, 1.807) is 0 Å².